The highest BCUT2D eigenvalue weighted by Gasteiger charge is 2.08. The minimum absolute atomic E-state index is 0.595. The molecule has 0 bridgehead atoms. The van der Waals surface area contributed by atoms with Gasteiger partial charge in [0.2, 0.25) is 0 Å². The Labute approximate surface area is 81.8 Å². The summed E-state index contributed by atoms with van der Waals surface area (Å²) in [7, 11) is 0. The maximum atomic E-state index is 3.38. The van der Waals surface area contributed by atoms with Crippen LogP contribution in [0.3, 0.4) is 0 Å². The summed E-state index contributed by atoms with van der Waals surface area (Å²) in [6, 6.07) is 0.595. The van der Waals surface area contributed by atoms with Crippen molar-refractivity contribution >= 4 is 0 Å². The Kier molecular flexibility index (Phi) is 5.09. The van der Waals surface area contributed by atoms with Crippen LogP contribution in [0.5, 0.6) is 0 Å². The van der Waals surface area contributed by atoms with E-state index >= 15 is 0 Å². The lowest BCUT2D eigenvalue weighted by molar-refractivity contribution is 0.435. The molecule has 76 valence electrons. The van der Waals surface area contributed by atoms with Crippen molar-refractivity contribution in [2.45, 2.75) is 32.7 Å². The molecule has 0 saturated carbocycles. The lowest BCUT2D eigenvalue weighted by Gasteiger charge is -2.19. The molecule has 2 nitrogen and oxygen atoms in total. The maximum Gasteiger partial charge on any atom is 0.0137 e. The first-order chi connectivity index (χ1) is 6.29. The van der Waals surface area contributed by atoms with Crippen LogP contribution in [0.2, 0.25) is 0 Å². The molecule has 0 spiro atoms. The second-order valence-electron chi connectivity index (χ2n) is 4.08. The minimum atomic E-state index is 0.595. The Morgan fingerprint density at radius 3 is 2.69 bits per heavy atom. The van der Waals surface area contributed by atoms with E-state index in [0.29, 0.717) is 6.04 Å². The number of hydrogen-bond donors (Lipinski definition) is 2. The molecule has 2 heteroatoms. The van der Waals surface area contributed by atoms with Crippen LogP contribution in [0.25, 0.3) is 0 Å². The second kappa shape index (κ2) is 6.17. The van der Waals surface area contributed by atoms with Gasteiger partial charge in [-0.1, -0.05) is 26.0 Å². The zero-order chi connectivity index (χ0) is 9.52. The molecule has 0 aliphatic carbocycles. The lowest BCUT2D eigenvalue weighted by Crippen LogP contribution is -2.27. The van der Waals surface area contributed by atoms with E-state index < -0.39 is 0 Å². The van der Waals surface area contributed by atoms with Crippen molar-refractivity contribution in [1.82, 2.24) is 10.6 Å². The highest BCUT2D eigenvalue weighted by molar-refractivity contribution is 4.92. The van der Waals surface area contributed by atoms with Gasteiger partial charge in [-0.2, -0.15) is 0 Å². The maximum absolute atomic E-state index is 3.38. The topological polar surface area (TPSA) is 24.1 Å². The fourth-order valence-corrected chi connectivity index (χ4v) is 1.60. The van der Waals surface area contributed by atoms with E-state index in [0.717, 1.165) is 12.5 Å². The summed E-state index contributed by atoms with van der Waals surface area (Å²) in [5.41, 5.74) is 0. The molecule has 1 fully saturated rings. The number of rotatable bonds is 4. The molecule has 2 N–H and O–H groups in total. The summed E-state index contributed by atoms with van der Waals surface area (Å²) in [4.78, 5) is 0. The van der Waals surface area contributed by atoms with Crippen molar-refractivity contribution in [3.05, 3.63) is 12.2 Å². The summed E-state index contributed by atoms with van der Waals surface area (Å²) in [5, 5.41) is 6.76. The summed E-state index contributed by atoms with van der Waals surface area (Å²) in [6.45, 7) is 7.75. The van der Waals surface area contributed by atoms with Crippen molar-refractivity contribution in [2.75, 3.05) is 19.6 Å². The van der Waals surface area contributed by atoms with E-state index in [2.05, 4.69) is 36.6 Å². The molecule has 1 rings (SSSR count). The van der Waals surface area contributed by atoms with Gasteiger partial charge in [0.05, 0.1) is 0 Å². The highest BCUT2D eigenvalue weighted by Crippen LogP contribution is 2.12. The molecule has 0 aromatic rings. The molecule has 1 aliphatic rings. The van der Waals surface area contributed by atoms with Crippen molar-refractivity contribution in [3.8, 4) is 0 Å². The van der Waals surface area contributed by atoms with Gasteiger partial charge < -0.3 is 10.6 Å². The fourth-order valence-electron chi connectivity index (χ4n) is 1.60. The standard InChI is InChI=1S/C11H22N2/c1-10(2)13-7-3-4-11-5-8-12-9-6-11/h3-4,10-13H,5-9H2,1-2H3. The predicted molar refractivity (Wildman–Crippen MR) is 57.9 cm³/mol. The molecule has 0 aromatic heterocycles. The molecule has 13 heavy (non-hydrogen) atoms. The first-order valence-corrected chi connectivity index (χ1v) is 5.40. The number of nitrogens with one attached hydrogen (secondary N) is 2. The van der Waals surface area contributed by atoms with Crippen LogP contribution in [0.15, 0.2) is 12.2 Å². The van der Waals surface area contributed by atoms with Crippen LogP contribution in [0.1, 0.15) is 26.7 Å². The number of allylic oxidation sites excluding steroid dienone is 1. The van der Waals surface area contributed by atoms with Crippen LogP contribution in [0.4, 0.5) is 0 Å². The quantitative estimate of drug-likeness (QED) is 0.644. The normalized spacial score (nSPS) is 20.2. The smallest absolute Gasteiger partial charge is 0.0137 e. The van der Waals surface area contributed by atoms with E-state index in [9.17, 15) is 0 Å². The Hall–Kier alpha value is -0.340. The average molecular weight is 182 g/mol. The van der Waals surface area contributed by atoms with Crippen molar-refractivity contribution in [2.24, 2.45) is 5.92 Å². The first-order valence-electron chi connectivity index (χ1n) is 5.40. The van der Waals surface area contributed by atoms with Crippen LogP contribution < -0.4 is 10.6 Å². The molecule has 0 unspecified atom stereocenters. The third-order valence-corrected chi connectivity index (χ3v) is 2.44. The molecule has 1 aliphatic heterocycles. The molecule has 0 aromatic carbocycles. The van der Waals surface area contributed by atoms with Gasteiger partial charge in [0, 0.05) is 12.6 Å². The molecule has 1 heterocycles. The van der Waals surface area contributed by atoms with Gasteiger partial charge in [0.15, 0.2) is 0 Å². The van der Waals surface area contributed by atoms with Gasteiger partial charge in [0.25, 0.3) is 0 Å². The number of piperidine rings is 1. The van der Waals surface area contributed by atoms with E-state index in [1.807, 2.05) is 0 Å². The van der Waals surface area contributed by atoms with Gasteiger partial charge in [-0.3, -0.25) is 0 Å². The van der Waals surface area contributed by atoms with E-state index in [1.54, 1.807) is 0 Å². The van der Waals surface area contributed by atoms with Gasteiger partial charge in [-0.25, -0.2) is 0 Å². The zero-order valence-corrected chi connectivity index (χ0v) is 8.84. The minimum Gasteiger partial charge on any atom is -0.317 e. The van der Waals surface area contributed by atoms with Crippen molar-refractivity contribution in [1.29, 1.82) is 0 Å². The van der Waals surface area contributed by atoms with E-state index in [-0.39, 0.29) is 0 Å². The second-order valence-corrected chi connectivity index (χ2v) is 4.08. The Morgan fingerprint density at radius 2 is 2.08 bits per heavy atom. The Morgan fingerprint density at radius 1 is 1.38 bits per heavy atom. The van der Waals surface area contributed by atoms with Crippen LogP contribution in [-0.2, 0) is 0 Å². The predicted octanol–water partition coefficient (Wildman–Crippen LogP) is 1.54. The van der Waals surface area contributed by atoms with Gasteiger partial charge >= 0.3 is 0 Å². The lowest BCUT2D eigenvalue weighted by atomic mass is 9.98. The van der Waals surface area contributed by atoms with Crippen LogP contribution in [-0.4, -0.2) is 25.7 Å². The molecule has 0 radical (unpaired) electrons. The summed E-state index contributed by atoms with van der Waals surface area (Å²) >= 11 is 0. The molecule has 0 atom stereocenters. The average Bonchev–Trinajstić information content (AvgIpc) is 2.14. The van der Waals surface area contributed by atoms with Gasteiger partial charge in [0.1, 0.15) is 0 Å². The largest absolute Gasteiger partial charge is 0.317 e. The van der Waals surface area contributed by atoms with Crippen molar-refractivity contribution < 1.29 is 0 Å². The SMILES string of the molecule is CC(C)NCC=CC1CCNCC1. The van der Waals surface area contributed by atoms with Crippen LogP contribution >= 0.6 is 0 Å². The van der Waals surface area contributed by atoms with Gasteiger partial charge in [-0.15, -0.1) is 0 Å². The monoisotopic (exact) mass is 182 g/mol. The Balaban J connectivity index is 2.07. The fraction of sp³-hybridized carbons (Fsp3) is 0.818. The van der Waals surface area contributed by atoms with Crippen molar-refractivity contribution in [3.63, 3.8) is 0 Å². The molecular weight excluding hydrogens is 160 g/mol. The van der Waals surface area contributed by atoms with Crippen LogP contribution in [0, 0.1) is 5.92 Å². The molecule has 1 saturated heterocycles. The first kappa shape index (κ1) is 10.7. The highest BCUT2D eigenvalue weighted by atomic mass is 14.9. The molecular formula is C11H22N2. The Bertz CT molecular complexity index is 146. The van der Waals surface area contributed by atoms with E-state index in [1.165, 1.54) is 25.9 Å². The zero-order valence-electron chi connectivity index (χ0n) is 8.84. The third-order valence-electron chi connectivity index (χ3n) is 2.44. The molecule has 0 amide bonds. The summed E-state index contributed by atoms with van der Waals surface area (Å²) < 4.78 is 0. The summed E-state index contributed by atoms with van der Waals surface area (Å²) in [5.74, 6) is 0.815. The summed E-state index contributed by atoms with van der Waals surface area (Å²) in [6.07, 6.45) is 7.25. The number of hydrogen-bond acceptors (Lipinski definition) is 2. The van der Waals surface area contributed by atoms with Gasteiger partial charge in [-0.05, 0) is 31.8 Å². The van der Waals surface area contributed by atoms with E-state index in [4.69, 9.17) is 0 Å². The third kappa shape index (κ3) is 5.06.